The van der Waals surface area contributed by atoms with E-state index in [4.69, 9.17) is 4.74 Å². The molecule has 1 aliphatic rings. The van der Waals surface area contributed by atoms with E-state index in [1.807, 2.05) is 0 Å². The van der Waals surface area contributed by atoms with Crippen molar-refractivity contribution in [3.63, 3.8) is 0 Å². The predicted octanol–water partition coefficient (Wildman–Crippen LogP) is 6.02. The second-order valence-corrected chi connectivity index (χ2v) is 9.58. The van der Waals surface area contributed by atoms with Crippen molar-refractivity contribution >= 4 is 17.3 Å². The van der Waals surface area contributed by atoms with Crippen LogP contribution in [-0.2, 0) is 4.74 Å². The van der Waals surface area contributed by atoms with Gasteiger partial charge in [0, 0.05) is 32.7 Å². The third-order valence-corrected chi connectivity index (χ3v) is 6.65. The van der Waals surface area contributed by atoms with Crippen molar-refractivity contribution in [2.24, 2.45) is 0 Å². The minimum Gasteiger partial charge on any atom is -0.379 e. The van der Waals surface area contributed by atoms with Gasteiger partial charge in [-0.15, -0.1) is 0 Å². The second-order valence-electron chi connectivity index (χ2n) is 9.58. The number of ether oxygens (including phenoxy) is 1. The largest absolute Gasteiger partial charge is 0.379 e. The maximum absolute atomic E-state index is 11.7. The van der Waals surface area contributed by atoms with Crippen LogP contribution in [0.15, 0.2) is 6.33 Å². The van der Waals surface area contributed by atoms with Crippen molar-refractivity contribution in [2.45, 2.75) is 96.8 Å². The van der Waals surface area contributed by atoms with Crippen LogP contribution < -0.4 is 10.6 Å². The fourth-order valence-corrected chi connectivity index (χ4v) is 4.49. The molecule has 0 amide bonds. The normalized spacial score (nSPS) is 14.2. The third-order valence-electron chi connectivity index (χ3n) is 6.65. The zero-order valence-electron chi connectivity index (χ0n) is 21.9. The number of hydrogen-bond acceptors (Lipinski definition) is 8. The summed E-state index contributed by atoms with van der Waals surface area (Å²) in [4.78, 5) is 21.8. The summed E-state index contributed by atoms with van der Waals surface area (Å²) in [6.45, 7) is 7.59. The molecule has 0 bridgehead atoms. The molecule has 1 fully saturated rings. The quantitative estimate of drug-likeness (QED) is 0.122. The van der Waals surface area contributed by atoms with Gasteiger partial charge in [0.15, 0.2) is 0 Å². The molecule has 1 saturated heterocycles. The number of nitrogens with one attached hydrogen (secondary N) is 2. The summed E-state index contributed by atoms with van der Waals surface area (Å²) in [5.74, 6) is 0.579. The average Bonchev–Trinajstić information content (AvgIpc) is 2.87. The summed E-state index contributed by atoms with van der Waals surface area (Å²) in [7, 11) is 0. The lowest BCUT2D eigenvalue weighted by Gasteiger charge is -2.26. The van der Waals surface area contributed by atoms with E-state index in [-0.39, 0.29) is 11.5 Å². The Morgan fingerprint density at radius 3 is 1.83 bits per heavy atom. The fourth-order valence-electron chi connectivity index (χ4n) is 4.49. The lowest BCUT2D eigenvalue weighted by molar-refractivity contribution is -0.383. The molecule has 2 heterocycles. The van der Waals surface area contributed by atoms with E-state index >= 15 is 0 Å². The Hall–Kier alpha value is -2.00. The molecule has 1 aliphatic heterocycles. The minimum absolute atomic E-state index is 0.0696. The molecule has 2 rings (SSSR count). The lowest BCUT2D eigenvalue weighted by Crippen LogP contribution is -2.39. The van der Waals surface area contributed by atoms with Gasteiger partial charge in [-0.1, -0.05) is 90.4 Å². The van der Waals surface area contributed by atoms with Gasteiger partial charge in [-0.05, 0) is 6.42 Å². The Balaban J connectivity index is 1.54. The maximum atomic E-state index is 11.7. The van der Waals surface area contributed by atoms with Crippen LogP contribution in [-0.4, -0.2) is 65.7 Å². The Morgan fingerprint density at radius 2 is 1.31 bits per heavy atom. The highest BCUT2D eigenvalue weighted by Crippen LogP contribution is 2.28. The summed E-state index contributed by atoms with van der Waals surface area (Å²) in [6, 6.07) is 0. The first-order valence-corrected chi connectivity index (χ1v) is 14.0. The Morgan fingerprint density at radius 1 is 0.829 bits per heavy atom. The zero-order valence-corrected chi connectivity index (χ0v) is 21.9. The summed E-state index contributed by atoms with van der Waals surface area (Å²) >= 11 is 0. The maximum Gasteiger partial charge on any atom is 0.353 e. The monoisotopic (exact) mass is 492 g/mol. The van der Waals surface area contributed by atoms with E-state index in [1.165, 1.54) is 83.4 Å². The van der Waals surface area contributed by atoms with Crippen LogP contribution in [0.2, 0.25) is 0 Å². The average molecular weight is 493 g/mol. The highest BCUT2D eigenvalue weighted by molar-refractivity contribution is 5.69. The minimum atomic E-state index is -0.398. The van der Waals surface area contributed by atoms with Gasteiger partial charge in [0.2, 0.25) is 11.6 Å². The van der Waals surface area contributed by atoms with Crippen molar-refractivity contribution in [3.05, 3.63) is 16.4 Å². The van der Waals surface area contributed by atoms with E-state index < -0.39 is 4.92 Å². The SMILES string of the molecule is CCCCCCCCCCCCCCCCNc1ncnc(NCCN2CCOCC2)c1[N+](=O)[O-]. The van der Waals surface area contributed by atoms with Crippen LogP contribution in [0.4, 0.5) is 17.3 Å². The van der Waals surface area contributed by atoms with Crippen LogP contribution in [0.1, 0.15) is 96.8 Å². The van der Waals surface area contributed by atoms with Crippen molar-refractivity contribution in [2.75, 3.05) is 56.6 Å². The molecule has 1 aromatic rings. The van der Waals surface area contributed by atoms with E-state index in [9.17, 15) is 10.1 Å². The number of nitrogens with zero attached hydrogens (tertiary/aromatic N) is 4. The molecule has 2 N–H and O–H groups in total. The molecular formula is C26H48N6O3. The zero-order chi connectivity index (χ0) is 25.0. The fraction of sp³-hybridized carbons (Fsp3) is 0.846. The Kier molecular flexibility index (Phi) is 16.1. The number of anilines is 2. The van der Waals surface area contributed by atoms with Crippen LogP contribution >= 0.6 is 0 Å². The molecule has 0 unspecified atom stereocenters. The molecule has 200 valence electrons. The molecule has 9 nitrogen and oxygen atoms in total. The van der Waals surface area contributed by atoms with Gasteiger partial charge >= 0.3 is 5.69 Å². The van der Waals surface area contributed by atoms with Crippen molar-refractivity contribution in [1.29, 1.82) is 0 Å². The van der Waals surface area contributed by atoms with E-state index in [0.717, 1.165) is 45.7 Å². The van der Waals surface area contributed by atoms with Gasteiger partial charge in [0.1, 0.15) is 6.33 Å². The van der Waals surface area contributed by atoms with Gasteiger partial charge in [-0.3, -0.25) is 15.0 Å². The summed E-state index contributed by atoms with van der Waals surface area (Å²) in [5.41, 5.74) is -0.0696. The van der Waals surface area contributed by atoms with Gasteiger partial charge in [-0.25, -0.2) is 9.97 Å². The lowest BCUT2D eigenvalue weighted by atomic mass is 10.0. The standard InChI is InChI=1S/C26H48N6O3/c1-2-3-4-5-6-7-8-9-10-11-12-13-14-15-16-27-25-24(32(33)34)26(30-23-29-25)28-17-18-31-19-21-35-22-20-31/h23H,2-22H2,1H3,(H2,27,28,29,30). The van der Waals surface area contributed by atoms with Crippen molar-refractivity contribution in [1.82, 2.24) is 14.9 Å². The number of morpholine rings is 1. The van der Waals surface area contributed by atoms with Crippen molar-refractivity contribution in [3.8, 4) is 0 Å². The van der Waals surface area contributed by atoms with Crippen LogP contribution in [0.5, 0.6) is 0 Å². The van der Waals surface area contributed by atoms with Crippen molar-refractivity contribution < 1.29 is 9.66 Å². The van der Waals surface area contributed by atoms with Crippen LogP contribution in [0.25, 0.3) is 0 Å². The smallest absolute Gasteiger partial charge is 0.353 e. The molecule has 0 radical (unpaired) electrons. The molecule has 0 aromatic carbocycles. The first kappa shape index (κ1) is 29.2. The summed E-state index contributed by atoms with van der Waals surface area (Å²) < 4.78 is 5.35. The number of aromatic nitrogens is 2. The Bertz CT molecular complexity index is 685. The topological polar surface area (TPSA) is 105 Å². The Labute approximate surface area is 212 Å². The number of unbranched alkanes of at least 4 members (excludes halogenated alkanes) is 13. The molecule has 0 aliphatic carbocycles. The van der Waals surface area contributed by atoms with Gasteiger partial charge < -0.3 is 15.4 Å². The van der Waals surface area contributed by atoms with E-state index in [0.29, 0.717) is 18.9 Å². The number of hydrogen-bond donors (Lipinski definition) is 2. The number of nitro groups is 1. The second kappa shape index (κ2) is 19.2. The molecule has 0 saturated carbocycles. The third kappa shape index (κ3) is 13.0. The molecule has 9 heteroatoms. The highest BCUT2D eigenvalue weighted by atomic mass is 16.6. The van der Waals surface area contributed by atoms with Crippen LogP contribution in [0, 0.1) is 10.1 Å². The van der Waals surface area contributed by atoms with Gasteiger partial charge in [0.05, 0.1) is 18.1 Å². The van der Waals surface area contributed by atoms with E-state index in [2.05, 4.69) is 32.4 Å². The predicted molar refractivity (Wildman–Crippen MR) is 143 cm³/mol. The first-order chi connectivity index (χ1) is 17.2. The summed E-state index contributed by atoms with van der Waals surface area (Å²) in [6.07, 6.45) is 19.8. The van der Waals surface area contributed by atoms with E-state index in [1.54, 1.807) is 0 Å². The molecule has 1 aromatic heterocycles. The molecule has 0 atom stereocenters. The highest BCUT2D eigenvalue weighted by Gasteiger charge is 2.22. The molecule has 0 spiro atoms. The molecular weight excluding hydrogens is 444 g/mol. The summed E-state index contributed by atoms with van der Waals surface area (Å²) in [5, 5.41) is 18.0. The van der Waals surface area contributed by atoms with Gasteiger partial charge in [-0.2, -0.15) is 0 Å². The molecule has 35 heavy (non-hydrogen) atoms. The first-order valence-electron chi connectivity index (χ1n) is 14.0. The number of rotatable bonds is 21. The van der Waals surface area contributed by atoms with Gasteiger partial charge in [0.25, 0.3) is 0 Å². The van der Waals surface area contributed by atoms with Crippen LogP contribution in [0.3, 0.4) is 0 Å².